The number of halogens is 2. The van der Waals surface area contributed by atoms with Crippen LogP contribution in [0, 0.1) is 5.92 Å². The number of carbonyl (C=O) groups is 1. The number of esters is 1. The van der Waals surface area contributed by atoms with E-state index in [9.17, 15) is 4.79 Å². The summed E-state index contributed by atoms with van der Waals surface area (Å²) < 4.78 is 4.68. The van der Waals surface area contributed by atoms with Crippen molar-refractivity contribution in [3.8, 4) is 0 Å². The molecule has 8 heteroatoms. The fraction of sp³-hybridized carbons (Fsp3) is 0.500. The van der Waals surface area contributed by atoms with Gasteiger partial charge in [0.25, 0.3) is 0 Å². The Labute approximate surface area is 165 Å². The fourth-order valence-corrected chi connectivity index (χ4v) is 2.58. The van der Waals surface area contributed by atoms with Crippen molar-refractivity contribution < 1.29 is 9.53 Å². The lowest BCUT2D eigenvalue weighted by Gasteiger charge is -2.36. The molecule has 0 spiro atoms. The molecule has 1 unspecified atom stereocenters. The van der Waals surface area contributed by atoms with Gasteiger partial charge in [-0.25, -0.2) is 0 Å². The number of hydrogen-bond acceptors (Lipinski definition) is 4. The average molecular weight is 467 g/mol. The smallest absolute Gasteiger partial charge is 0.310 e. The number of guanidine groups is 1. The summed E-state index contributed by atoms with van der Waals surface area (Å²) in [6.07, 6.45) is 0. The van der Waals surface area contributed by atoms with E-state index in [0.29, 0.717) is 12.5 Å². The number of methoxy groups -OCH3 is 1. The SMILES string of the molecule is COC(=O)C(C)CN=C(N)N1CCN(c2ccc(Cl)cc2)CC1.I. The van der Waals surface area contributed by atoms with Crippen molar-refractivity contribution in [3.05, 3.63) is 29.3 Å². The summed E-state index contributed by atoms with van der Waals surface area (Å²) in [5.74, 6) is -0.0699. The molecule has 1 aromatic rings. The quantitative estimate of drug-likeness (QED) is 0.319. The lowest BCUT2D eigenvalue weighted by atomic mass is 10.2. The van der Waals surface area contributed by atoms with Crippen LogP contribution >= 0.6 is 35.6 Å². The lowest BCUT2D eigenvalue weighted by Crippen LogP contribution is -2.51. The van der Waals surface area contributed by atoms with E-state index in [0.717, 1.165) is 36.9 Å². The molecular weight excluding hydrogens is 443 g/mol. The van der Waals surface area contributed by atoms with Crippen molar-refractivity contribution in [2.24, 2.45) is 16.6 Å². The normalized spacial score (nSPS) is 16.4. The molecule has 0 aliphatic carbocycles. The van der Waals surface area contributed by atoms with Crippen LogP contribution in [-0.4, -0.2) is 56.7 Å². The third-order valence-electron chi connectivity index (χ3n) is 3.93. The maximum absolute atomic E-state index is 11.4. The van der Waals surface area contributed by atoms with E-state index in [1.807, 2.05) is 29.2 Å². The van der Waals surface area contributed by atoms with Crippen molar-refractivity contribution in [1.82, 2.24) is 4.90 Å². The molecule has 6 nitrogen and oxygen atoms in total. The maximum atomic E-state index is 11.4. The number of carbonyl (C=O) groups excluding carboxylic acids is 1. The van der Waals surface area contributed by atoms with Crippen molar-refractivity contribution in [3.63, 3.8) is 0 Å². The van der Waals surface area contributed by atoms with Gasteiger partial charge in [0.1, 0.15) is 0 Å². The first-order valence-electron chi connectivity index (χ1n) is 7.64. The largest absolute Gasteiger partial charge is 0.469 e. The Morgan fingerprint density at radius 1 is 1.29 bits per heavy atom. The number of nitrogens with zero attached hydrogens (tertiary/aromatic N) is 3. The third kappa shape index (κ3) is 5.70. The summed E-state index contributed by atoms with van der Waals surface area (Å²) >= 11 is 5.92. The molecule has 134 valence electrons. The molecular formula is C16H24ClIN4O2. The molecule has 0 amide bonds. The minimum atomic E-state index is -0.283. The van der Waals surface area contributed by atoms with Crippen LogP contribution in [0.15, 0.2) is 29.3 Å². The summed E-state index contributed by atoms with van der Waals surface area (Å²) in [4.78, 5) is 20.0. The van der Waals surface area contributed by atoms with E-state index in [-0.39, 0.29) is 35.9 Å². The zero-order valence-electron chi connectivity index (χ0n) is 13.9. The van der Waals surface area contributed by atoms with E-state index in [1.54, 1.807) is 6.92 Å². The van der Waals surface area contributed by atoms with Gasteiger partial charge in [0.05, 0.1) is 19.6 Å². The Morgan fingerprint density at radius 3 is 2.42 bits per heavy atom. The highest BCUT2D eigenvalue weighted by Crippen LogP contribution is 2.19. The molecule has 1 aliphatic rings. The minimum absolute atomic E-state index is 0. The molecule has 1 aromatic carbocycles. The summed E-state index contributed by atoms with van der Waals surface area (Å²) in [6.45, 7) is 5.45. The monoisotopic (exact) mass is 466 g/mol. The van der Waals surface area contributed by atoms with Gasteiger partial charge in [0.15, 0.2) is 5.96 Å². The first-order valence-corrected chi connectivity index (χ1v) is 8.02. The molecule has 1 saturated heterocycles. The van der Waals surface area contributed by atoms with Gasteiger partial charge in [0, 0.05) is 36.9 Å². The van der Waals surface area contributed by atoms with E-state index in [1.165, 1.54) is 7.11 Å². The summed E-state index contributed by atoms with van der Waals surface area (Å²) in [6, 6.07) is 7.83. The Morgan fingerprint density at radius 2 is 1.88 bits per heavy atom. The lowest BCUT2D eigenvalue weighted by molar-refractivity contribution is -0.144. The van der Waals surface area contributed by atoms with Gasteiger partial charge in [0.2, 0.25) is 0 Å². The van der Waals surface area contributed by atoms with Crippen LogP contribution in [0.5, 0.6) is 0 Å². The number of benzene rings is 1. The second kappa shape index (κ2) is 9.93. The fourth-order valence-electron chi connectivity index (χ4n) is 2.45. The number of anilines is 1. The first-order chi connectivity index (χ1) is 11.0. The Kier molecular flexibility index (Phi) is 8.61. The molecule has 24 heavy (non-hydrogen) atoms. The molecule has 1 heterocycles. The van der Waals surface area contributed by atoms with Gasteiger partial charge in [-0.3, -0.25) is 9.79 Å². The van der Waals surface area contributed by atoms with Crippen molar-refractivity contribution in [2.75, 3.05) is 44.7 Å². The minimum Gasteiger partial charge on any atom is -0.469 e. The van der Waals surface area contributed by atoms with E-state index in [4.69, 9.17) is 17.3 Å². The van der Waals surface area contributed by atoms with Crippen LogP contribution in [0.3, 0.4) is 0 Å². The number of aliphatic imine (C=N–C) groups is 1. The number of hydrogen-bond donors (Lipinski definition) is 1. The zero-order valence-corrected chi connectivity index (χ0v) is 17.0. The number of nitrogens with two attached hydrogens (primary N) is 1. The van der Waals surface area contributed by atoms with Gasteiger partial charge in [-0.2, -0.15) is 0 Å². The van der Waals surface area contributed by atoms with E-state index in [2.05, 4.69) is 14.6 Å². The van der Waals surface area contributed by atoms with Crippen LogP contribution in [-0.2, 0) is 9.53 Å². The average Bonchev–Trinajstić information content (AvgIpc) is 2.59. The first kappa shape index (κ1) is 20.8. The highest BCUT2D eigenvalue weighted by atomic mass is 127. The van der Waals surface area contributed by atoms with Crippen LogP contribution in [0.25, 0.3) is 0 Å². The van der Waals surface area contributed by atoms with E-state index >= 15 is 0 Å². The number of ether oxygens (including phenoxy) is 1. The Balaban J connectivity index is 0.00000288. The van der Waals surface area contributed by atoms with Crippen molar-refractivity contribution in [1.29, 1.82) is 0 Å². The molecule has 2 rings (SSSR count). The molecule has 1 fully saturated rings. The molecule has 0 radical (unpaired) electrons. The van der Waals surface area contributed by atoms with Gasteiger partial charge in [-0.1, -0.05) is 18.5 Å². The van der Waals surface area contributed by atoms with Gasteiger partial charge < -0.3 is 20.3 Å². The molecule has 0 aromatic heterocycles. The van der Waals surface area contributed by atoms with Crippen LogP contribution < -0.4 is 10.6 Å². The summed E-state index contributed by atoms with van der Waals surface area (Å²) in [5.41, 5.74) is 7.19. The molecule has 0 bridgehead atoms. The number of rotatable bonds is 4. The third-order valence-corrected chi connectivity index (χ3v) is 4.18. The highest BCUT2D eigenvalue weighted by Gasteiger charge is 2.19. The molecule has 0 saturated carbocycles. The highest BCUT2D eigenvalue weighted by molar-refractivity contribution is 14.0. The van der Waals surface area contributed by atoms with Crippen LogP contribution in [0.2, 0.25) is 5.02 Å². The maximum Gasteiger partial charge on any atom is 0.310 e. The standard InChI is InChI=1S/C16H23ClN4O2.HI/c1-12(15(22)23-2)11-19-16(18)21-9-7-20(8-10-21)14-5-3-13(17)4-6-14;/h3-6,12H,7-11H2,1-2H3,(H2,18,19);1H. The Bertz CT molecular complexity index is 560. The van der Waals surface area contributed by atoms with Crippen molar-refractivity contribution >= 4 is 53.2 Å². The van der Waals surface area contributed by atoms with Crippen LogP contribution in [0.4, 0.5) is 5.69 Å². The van der Waals surface area contributed by atoms with Crippen molar-refractivity contribution in [2.45, 2.75) is 6.92 Å². The Hall–Kier alpha value is -1.22. The van der Waals surface area contributed by atoms with Gasteiger partial charge in [-0.05, 0) is 24.3 Å². The predicted octanol–water partition coefficient (Wildman–Crippen LogP) is 2.20. The molecule has 1 atom stereocenters. The van der Waals surface area contributed by atoms with Gasteiger partial charge in [-0.15, -0.1) is 24.0 Å². The second-order valence-corrected chi connectivity index (χ2v) is 6.01. The van der Waals surface area contributed by atoms with E-state index < -0.39 is 0 Å². The second-order valence-electron chi connectivity index (χ2n) is 5.57. The summed E-state index contributed by atoms with van der Waals surface area (Å²) in [7, 11) is 1.38. The topological polar surface area (TPSA) is 71.2 Å². The number of piperazine rings is 1. The van der Waals surface area contributed by atoms with Gasteiger partial charge >= 0.3 is 5.97 Å². The molecule has 2 N–H and O–H groups in total. The van der Waals surface area contributed by atoms with Crippen LogP contribution in [0.1, 0.15) is 6.92 Å². The summed E-state index contributed by atoms with van der Waals surface area (Å²) in [5, 5.41) is 0.739. The molecule has 1 aliphatic heterocycles. The zero-order chi connectivity index (χ0) is 16.8. The predicted molar refractivity (Wildman–Crippen MR) is 108 cm³/mol.